The highest BCUT2D eigenvalue weighted by Gasteiger charge is 2.14. The van der Waals surface area contributed by atoms with Crippen LogP contribution in [0.3, 0.4) is 0 Å². The molecule has 0 saturated heterocycles. The van der Waals surface area contributed by atoms with Crippen molar-refractivity contribution < 1.29 is 18.7 Å². The third-order valence-electron chi connectivity index (χ3n) is 4.55. The van der Waals surface area contributed by atoms with Crippen molar-refractivity contribution in [2.24, 2.45) is 0 Å². The van der Waals surface area contributed by atoms with E-state index in [1.807, 2.05) is 36.6 Å². The fraction of sp³-hybridized carbons (Fsp3) is 0.0800. The first-order valence-electron chi connectivity index (χ1n) is 10.3. The quantitative estimate of drug-likeness (QED) is 0.314. The Bertz CT molecular complexity index is 1310. The van der Waals surface area contributed by atoms with Crippen LogP contribution in [0.25, 0.3) is 0 Å². The predicted octanol–water partition coefficient (Wildman–Crippen LogP) is 6.01. The number of hydrogen-bond donors (Lipinski definition) is 2. The van der Waals surface area contributed by atoms with Crippen LogP contribution < -0.4 is 15.4 Å². The van der Waals surface area contributed by atoms with Crippen molar-refractivity contribution in [1.29, 1.82) is 0 Å². The molecule has 2 N–H and O–H groups in total. The van der Waals surface area contributed by atoms with Crippen molar-refractivity contribution in [1.82, 2.24) is 4.98 Å². The fourth-order valence-electron chi connectivity index (χ4n) is 2.96. The van der Waals surface area contributed by atoms with Crippen molar-refractivity contribution >= 4 is 46.3 Å². The predicted molar refractivity (Wildman–Crippen MR) is 132 cm³/mol. The second kappa shape index (κ2) is 11.0. The summed E-state index contributed by atoms with van der Waals surface area (Å²) in [6.07, 6.45) is 0. The molecule has 0 atom stereocenters. The maximum absolute atomic E-state index is 13.7. The number of hydrogen-bond acceptors (Lipinski definition) is 6. The highest BCUT2D eigenvalue weighted by atomic mass is 32.2. The molecule has 2 amide bonds. The first-order chi connectivity index (χ1) is 16.5. The number of carbonyl (C=O) groups is 2. The largest absolute Gasteiger partial charge is 0.483 e. The Morgan fingerprint density at radius 2 is 1.74 bits per heavy atom. The summed E-state index contributed by atoms with van der Waals surface area (Å²) in [4.78, 5) is 30.4. The first-order valence-corrected chi connectivity index (χ1v) is 11.9. The minimum Gasteiger partial charge on any atom is -0.483 e. The van der Waals surface area contributed by atoms with Crippen LogP contribution in [0.2, 0.25) is 0 Å². The SMILES string of the molecule is Cc1csc(Sc2ccc(NC(=O)c3ccccc3OCC(=O)Nc3ccccc3F)cc2)n1. The molecule has 0 radical (unpaired) electrons. The maximum atomic E-state index is 13.7. The van der Waals surface area contributed by atoms with Gasteiger partial charge in [0.1, 0.15) is 11.6 Å². The van der Waals surface area contributed by atoms with Gasteiger partial charge in [-0.3, -0.25) is 9.59 Å². The van der Waals surface area contributed by atoms with Crippen LogP contribution in [-0.2, 0) is 4.79 Å². The summed E-state index contributed by atoms with van der Waals surface area (Å²) in [7, 11) is 0. The van der Waals surface area contributed by atoms with Crippen LogP contribution in [0, 0.1) is 12.7 Å². The lowest BCUT2D eigenvalue weighted by molar-refractivity contribution is -0.118. The number of nitrogens with zero attached hydrogens (tertiary/aromatic N) is 1. The van der Waals surface area contributed by atoms with Gasteiger partial charge >= 0.3 is 0 Å². The van der Waals surface area contributed by atoms with Gasteiger partial charge in [-0.05, 0) is 55.5 Å². The summed E-state index contributed by atoms with van der Waals surface area (Å²) >= 11 is 3.15. The van der Waals surface area contributed by atoms with Crippen molar-refractivity contribution in [3.05, 3.63) is 95.3 Å². The van der Waals surface area contributed by atoms with E-state index in [1.165, 1.54) is 18.2 Å². The monoisotopic (exact) mass is 493 g/mol. The topological polar surface area (TPSA) is 80.3 Å². The molecular formula is C25H20FN3O3S2. The molecule has 1 heterocycles. The van der Waals surface area contributed by atoms with Crippen LogP contribution in [0.5, 0.6) is 5.75 Å². The minimum absolute atomic E-state index is 0.0636. The van der Waals surface area contributed by atoms with Gasteiger partial charge in [0.05, 0.1) is 11.3 Å². The highest BCUT2D eigenvalue weighted by molar-refractivity contribution is 8.01. The standard InChI is InChI=1S/C25H20FN3O3S2/c1-16-15-33-25(27-16)34-18-12-10-17(11-13-18)28-24(31)19-6-2-5-9-22(19)32-14-23(30)29-21-8-4-3-7-20(21)26/h2-13,15H,14H2,1H3,(H,28,31)(H,29,30). The molecule has 0 fully saturated rings. The van der Waals surface area contributed by atoms with Crippen LogP contribution in [-0.4, -0.2) is 23.4 Å². The van der Waals surface area contributed by atoms with Crippen LogP contribution >= 0.6 is 23.1 Å². The highest BCUT2D eigenvalue weighted by Crippen LogP contribution is 2.31. The molecule has 0 aliphatic rings. The zero-order valence-electron chi connectivity index (χ0n) is 18.1. The zero-order valence-corrected chi connectivity index (χ0v) is 19.7. The van der Waals surface area contributed by atoms with Crippen LogP contribution in [0.1, 0.15) is 16.1 Å². The number of aromatic nitrogens is 1. The number of aryl methyl sites for hydroxylation is 1. The maximum Gasteiger partial charge on any atom is 0.262 e. The average molecular weight is 494 g/mol. The number of ether oxygens (including phenoxy) is 1. The second-order valence-corrected chi connectivity index (χ2v) is 9.33. The van der Waals surface area contributed by atoms with Crippen molar-refractivity contribution in [3.63, 3.8) is 0 Å². The normalized spacial score (nSPS) is 10.5. The number of halogens is 1. The molecule has 0 aliphatic carbocycles. The average Bonchev–Trinajstić information content (AvgIpc) is 3.25. The van der Waals surface area contributed by atoms with Gasteiger partial charge in [0, 0.05) is 21.7 Å². The third-order valence-corrected chi connectivity index (χ3v) is 6.62. The van der Waals surface area contributed by atoms with Crippen molar-refractivity contribution in [2.75, 3.05) is 17.2 Å². The summed E-state index contributed by atoms with van der Waals surface area (Å²) in [6, 6.07) is 19.9. The molecule has 0 saturated carbocycles. The van der Waals surface area contributed by atoms with Gasteiger partial charge in [-0.25, -0.2) is 9.37 Å². The van der Waals surface area contributed by atoms with Crippen molar-refractivity contribution in [2.45, 2.75) is 16.2 Å². The smallest absolute Gasteiger partial charge is 0.262 e. The van der Waals surface area contributed by atoms with E-state index in [-0.39, 0.29) is 29.5 Å². The molecule has 4 rings (SSSR count). The van der Waals surface area contributed by atoms with Crippen molar-refractivity contribution in [3.8, 4) is 5.75 Å². The van der Waals surface area contributed by atoms with Gasteiger partial charge in [-0.1, -0.05) is 36.0 Å². The molecular weight excluding hydrogens is 473 g/mol. The third kappa shape index (κ3) is 6.21. The Labute approximate surface area is 204 Å². The number of amides is 2. The van der Waals surface area contributed by atoms with Gasteiger partial charge in [0.2, 0.25) is 0 Å². The Balaban J connectivity index is 1.36. The zero-order chi connectivity index (χ0) is 23.9. The Morgan fingerprint density at radius 1 is 1.00 bits per heavy atom. The van der Waals surface area contributed by atoms with E-state index in [0.29, 0.717) is 5.69 Å². The van der Waals surface area contributed by atoms with E-state index in [4.69, 9.17) is 4.74 Å². The lowest BCUT2D eigenvalue weighted by Crippen LogP contribution is -2.22. The summed E-state index contributed by atoms with van der Waals surface area (Å²) in [5, 5.41) is 7.29. The van der Waals surface area contributed by atoms with E-state index in [9.17, 15) is 14.0 Å². The number of carbonyl (C=O) groups excluding carboxylic acids is 2. The van der Waals surface area contributed by atoms with Crippen LogP contribution in [0.4, 0.5) is 15.8 Å². The minimum atomic E-state index is -0.540. The summed E-state index contributed by atoms with van der Waals surface area (Å²) < 4.78 is 20.2. The molecule has 172 valence electrons. The molecule has 6 nitrogen and oxygen atoms in total. The fourth-order valence-corrected chi connectivity index (χ4v) is 4.77. The van der Waals surface area contributed by atoms with Gasteiger partial charge in [0.15, 0.2) is 10.9 Å². The lowest BCUT2D eigenvalue weighted by atomic mass is 10.2. The molecule has 0 bridgehead atoms. The number of thiazole rings is 1. The summed E-state index contributed by atoms with van der Waals surface area (Å²) in [5.41, 5.74) is 1.95. The molecule has 0 aliphatic heterocycles. The van der Waals surface area contributed by atoms with Gasteiger partial charge in [-0.2, -0.15) is 0 Å². The molecule has 3 aromatic carbocycles. The molecule has 0 spiro atoms. The Kier molecular flexibility index (Phi) is 7.56. The lowest BCUT2D eigenvalue weighted by Gasteiger charge is -2.12. The van der Waals surface area contributed by atoms with Crippen LogP contribution in [0.15, 0.2) is 87.4 Å². The van der Waals surface area contributed by atoms with Gasteiger partial charge in [0.25, 0.3) is 11.8 Å². The van der Waals surface area contributed by atoms with E-state index < -0.39 is 11.7 Å². The number of para-hydroxylation sites is 2. The Hall–Kier alpha value is -3.69. The van der Waals surface area contributed by atoms with Gasteiger partial charge in [-0.15, -0.1) is 11.3 Å². The number of nitrogens with one attached hydrogen (secondary N) is 2. The van der Waals surface area contributed by atoms with E-state index >= 15 is 0 Å². The molecule has 0 unspecified atom stereocenters. The summed E-state index contributed by atoms with van der Waals surface area (Å²) in [5.74, 6) is -1.21. The first kappa shape index (κ1) is 23.5. The molecule has 34 heavy (non-hydrogen) atoms. The molecule has 4 aromatic rings. The number of anilines is 2. The number of rotatable bonds is 8. The summed E-state index contributed by atoms with van der Waals surface area (Å²) in [6.45, 7) is 1.58. The number of benzene rings is 3. The Morgan fingerprint density at radius 3 is 2.47 bits per heavy atom. The van der Waals surface area contributed by atoms with E-state index in [1.54, 1.807) is 53.4 Å². The van der Waals surface area contributed by atoms with Gasteiger partial charge < -0.3 is 15.4 Å². The van der Waals surface area contributed by atoms with E-state index in [2.05, 4.69) is 15.6 Å². The van der Waals surface area contributed by atoms with E-state index in [0.717, 1.165) is 14.9 Å². The molecule has 1 aromatic heterocycles. The second-order valence-electron chi connectivity index (χ2n) is 7.15. The molecule has 9 heteroatoms.